The molecule has 2 heterocycles. The number of hydrogen-bond acceptors (Lipinski definition) is 6. The number of nitrogens with zero attached hydrogens (tertiary/aromatic N) is 6. The van der Waals surface area contributed by atoms with Gasteiger partial charge < -0.3 is 5.32 Å². The van der Waals surface area contributed by atoms with Gasteiger partial charge in [0.05, 0.1) is 28.7 Å². The molecule has 1 fully saturated rings. The minimum atomic E-state index is -0.709. The maximum atomic E-state index is 12.9. The Hall–Kier alpha value is -4.14. The molecule has 4 aromatic rings. The van der Waals surface area contributed by atoms with Gasteiger partial charge in [0, 0.05) is 11.3 Å². The first-order chi connectivity index (χ1) is 15.5. The highest BCUT2D eigenvalue weighted by Crippen LogP contribution is 2.36. The number of hydrogen-bond donors (Lipinski definition) is 1. The van der Waals surface area contributed by atoms with E-state index in [2.05, 4.69) is 25.9 Å². The highest BCUT2D eigenvalue weighted by Gasteiger charge is 2.28. The maximum absolute atomic E-state index is 12.9. The lowest BCUT2D eigenvalue weighted by Crippen LogP contribution is -2.24. The second kappa shape index (κ2) is 7.84. The molecule has 0 saturated heterocycles. The molecule has 32 heavy (non-hydrogen) atoms. The lowest BCUT2D eigenvalue weighted by Gasteiger charge is -2.07. The molecule has 9 nitrogen and oxygen atoms in total. The molecule has 1 saturated carbocycles. The second-order valence-electron chi connectivity index (χ2n) is 7.83. The largest absolute Gasteiger partial charge is 0.319 e. The van der Waals surface area contributed by atoms with Crippen molar-refractivity contribution in [1.82, 2.24) is 30.0 Å². The minimum absolute atomic E-state index is 0.312. The molecule has 0 unspecified atom stereocenters. The number of Topliss-reactive ketones (excluding diaryl/α,β-unsaturated/α-hetero) is 1. The van der Waals surface area contributed by atoms with Crippen molar-refractivity contribution >= 4 is 17.4 Å². The van der Waals surface area contributed by atoms with Crippen LogP contribution in [0.25, 0.3) is 17.1 Å². The van der Waals surface area contributed by atoms with E-state index in [1.807, 2.05) is 47.1 Å². The summed E-state index contributed by atoms with van der Waals surface area (Å²) in [4.78, 5) is 25.6. The van der Waals surface area contributed by atoms with E-state index < -0.39 is 11.7 Å². The van der Waals surface area contributed by atoms with Gasteiger partial charge in [-0.05, 0) is 73.5 Å². The summed E-state index contributed by atoms with van der Waals surface area (Å²) in [5.74, 6) is -0.635. The average Bonchev–Trinajstić information content (AvgIpc) is 3.46. The zero-order valence-electron chi connectivity index (χ0n) is 17.7. The molecule has 1 N–H and O–H groups in total. The average molecular weight is 427 g/mol. The number of nitrogens with one attached hydrogen (secondary N) is 1. The molecule has 1 amide bonds. The van der Waals surface area contributed by atoms with Gasteiger partial charge >= 0.3 is 0 Å². The van der Waals surface area contributed by atoms with Crippen molar-refractivity contribution < 1.29 is 9.59 Å². The van der Waals surface area contributed by atoms with Crippen LogP contribution in [0.4, 0.5) is 5.69 Å². The van der Waals surface area contributed by atoms with Crippen LogP contribution in [0.5, 0.6) is 0 Å². The van der Waals surface area contributed by atoms with Gasteiger partial charge in [0.1, 0.15) is 0 Å². The first-order valence-electron chi connectivity index (χ1n) is 10.4. The number of aromatic nitrogens is 6. The van der Waals surface area contributed by atoms with Gasteiger partial charge in [0.15, 0.2) is 5.82 Å². The number of carbonyl (C=O) groups is 2. The molecule has 9 heteroatoms. The van der Waals surface area contributed by atoms with Crippen LogP contribution in [0.1, 0.15) is 40.6 Å². The number of aryl methyl sites for hydroxylation is 1. The summed E-state index contributed by atoms with van der Waals surface area (Å²) in [6, 6.07) is 17.0. The number of tetrazole rings is 1. The molecule has 0 aliphatic heterocycles. The van der Waals surface area contributed by atoms with E-state index in [-0.39, 0.29) is 0 Å². The number of anilines is 1. The highest BCUT2D eigenvalue weighted by atomic mass is 16.2. The molecular weight excluding hydrogens is 406 g/mol. The fourth-order valence-corrected chi connectivity index (χ4v) is 3.74. The predicted octanol–water partition coefficient (Wildman–Crippen LogP) is 3.30. The highest BCUT2D eigenvalue weighted by molar-refractivity contribution is 6.47. The molecule has 160 valence electrons. The van der Waals surface area contributed by atoms with Crippen molar-refractivity contribution in [3.63, 3.8) is 0 Å². The Labute approximate surface area is 184 Å². The molecule has 2 aromatic heterocycles. The van der Waals surface area contributed by atoms with E-state index in [1.54, 1.807) is 30.7 Å². The first kappa shape index (κ1) is 19.8. The molecule has 0 radical (unpaired) electrons. The fourth-order valence-electron chi connectivity index (χ4n) is 3.74. The van der Waals surface area contributed by atoms with Crippen LogP contribution in [-0.2, 0) is 4.79 Å². The molecular formula is C23H21N7O2. The minimum Gasteiger partial charge on any atom is -0.319 e. The van der Waals surface area contributed by atoms with Crippen LogP contribution in [0.3, 0.4) is 0 Å². The van der Waals surface area contributed by atoms with E-state index in [9.17, 15) is 9.59 Å². The molecule has 1 aliphatic rings. The monoisotopic (exact) mass is 427 g/mol. The van der Waals surface area contributed by atoms with Gasteiger partial charge in [-0.1, -0.05) is 18.2 Å². The summed E-state index contributed by atoms with van der Waals surface area (Å²) in [6.45, 7) is 3.51. The van der Waals surface area contributed by atoms with E-state index >= 15 is 0 Å². The topological polar surface area (TPSA) is 108 Å². The van der Waals surface area contributed by atoms with Gasteiger partial charge in [-0.15, -0.1) is 5.10 Å². The third-order valence-electron chi connectivity index (χ3n) is 5.51. The number of benzene rings is 2. The number of amides is 1. The Balaban J connectivity index is 1.34. The van der Waals surface area contributed by atoms with E-state index in [4.69, 9.17) is 0 Å². The van der Waals surface area contributed by atoms with Crippen LogP contribution in [-0.4, -0.2) is 41.7 Å². The summed E-state index contributed by atoms with van der Waals surface area (Å²) < 4.78 is 3.50. The molecule has 0 spiro atoms. The van der Waals surface area contributed by atoms with Crippen LogP contribution in [0, 0.1) is 13.8 Å². The quantitative estimate of drug-likeness (QED) is 0.374. The number of carbonyl (C=O) groups excluding carboxylic acids is 2. The Morgan fingerprint density at radius 3 is 2.41 bits per heavy atom. The van der Waals surface area contributed by atoms with E-state index in [1.165, 1.54) is 0 Å². The summed E-state index contributed by atoms with van der Waals surface area (Å²) in [6.07, 6.45) is 2.15. The Bertz CT molecular complexity index is 1300. The zero-order valence-corrected chi connectivity index (χ0v) is 17.7. The summed E-state index contributed by atoms with van der Waals surface area (Å²) >= 11 is 0. The van der Waals surface area contributed by atoms with Crippen molar-refractivity contribution in [3.8, 4) is 17.1 Å². The predicted molar refractivity (Wildman–Crippen MR) is 118 cm³/mol. The van der Waals surface area contributed by atoms with Gasteiger partial charge in [0.25, 0.3) is 11.7 Å². The van der Waals surface area contributed by atoms with Crippen molar-refractivity contribution in [2.75, 3.05) is 5.32 Å². The lowest BCUT2D eigenvalue weighted by molar-refractivity contribution is -0.112. The van der Waals surface area contributed by atoms with E-state index in [0.717, 1.165) is 24.1 Å². The second-order valence-corrected chi connectivity index (χ2v) is 7.83. The number of ketones is 1. The maximum Gasteiger partial charge on any atom is 0.296 e. The third-order valence-corrected chi connectivity index (χ3v) is 5.51. The van der Waals surface area contributed by atoms with Crippen molar-refractivity contribution in [3.05, 3.63) is 71.5 Å². The standard InChI is InChI=1S/C23H21N7O2/c1-14-20(15(2)29(26-14)18-6-4-3-5-7-18)21(31)23(32)24-17-10-8-16(9-11-17)22-25-27-28-30(22)19-12-13-19/h3-11,19H,12-13H2,1-2H3,(H,24,32). The first-order valence-corrected chi connectivity index (χ1v) is 10.4. The van der Waals surface area contributed by atoms with Gasteiger partial charge in [-0.3, -0.25) is 9.59 Å². The summed E-state index contributed by atoms with van der Waals surface area (Å²) in [5, 5.41) is 19.1. The van der Waals surface area contributed by atoms with Gasteiger partial charge in [-0.25, -0.2) is 9.36 Å². The van der Waals surface area contributed by atoms with Crippen LogP contribution in [0.2, 0.25) is 0 Å². The SMILES string of the molecule is Cc1nn(-c2ccccc2)c(C)c1C(=O)C(=O)Nc1ccc(-c2nnnn2C2CC2)cc1. The Kier molecular flexibility index (Phi) is 4.85. The Morgan fingerprint density at radius 2 is 1.72 bits per heavy atom. The van der Waals surface area contributed by atoms with Gasteiger partial charge in [0.2, 0.25) is 0 Å². The zero-order chi connectivity index (χ0) is 22.2. The normalized spacial score (nSPS) is 13.2. The molecule has 0 atom stereocenters. The lowest BCUT2D eigenvalue weighted by atomic mass is 10.1. The molecule has 2 aromatic carbocycles. The van der Waals surface area contributed by atoms with Crippen molar-refractivity contribution in [2.45, 2.75) is 32.7 Å². The summed E-state index contributed by atoms with van der Waals surface area (Å²) in [7, 11) is 0. The van der Waals surface area contributed by atoms with E-state index in [0.29, 0.717) is 34.5 Å². The smallest absolute Gasteiger partial charge is 0.296 e. The summed E-state index contributed by atoms with van der Waals surface area (Å²) in [5.41, 5.74) is 3.64. The number of rotatable bonds is 6. The fraction of sp³-hybridized carbons (Fsp3) is 0.217. The van der Waals surface area contributed by atoms with Gasteiger partial charge in [-0.2, -0.15) is 5.10 Å². The molecule has 1 aliphatic carbocycles. The Morgan fingerprint density at radius 1 is 1.00 bits per heavy atom. The van der Waals surface area contributed by atoms with Crippen molar-refractivity contribution in [2.24, 2.45) is 0 Å². The van der Waals surface area contributed by atoms with Crippen LogP contribution in [0.15, 0.2) is 54.6 Å². The number of para-hydroxylation sites is 1. The van der Waals surface area contributed by atoms with Crippen LogP contribution < -0.4 is 5.32 Å². The molecule has 0 bridgehead atoms. The third kappa shape index (κ3) is 3.58. The molecule has 5 rings (SSSR count). The van der Waals surface area contributed by atoms with Crippen LogP contribution >= 0.6 is 0 Å². The van der Waals surface area contributed by atoms with Crippen molar-refractivity contribution in [1.29, 1.82) is 0 Å².